The lowest BCUT2D eigenvalue weighted by atomic mass is 10.1. The van der Waals surface area contributed by atoms with E-state index in [0.29, 0.717) is 10.6 Å². The summed E-state index contributed by atoms with van der Waals surface area (Å²) in [5, 5.41) is 14.4. The highest BCUT2D eigenvalue weighted by Crippen LogP contribution is 2.16. The number of hydrazone groups is 1. The van der Waals surface area contributed by atoms with E-state index in [9.17, 15) is 9.90 Å². The highest BCUT2D eigenvalue weighted by atomic mass is 35.5. The number of carbonyl (C=O) groups excluding carboxylic acids is 1. The molecule has 0 aliphatic heterocycles. The zero-order valence-corrected chi connectivity index (χ0v) is 11.9. The van der Waals surface area contributed by atoms with Crippen molar-refractivity contribution < 1.29 is 9.90 Å². The number of aliphatic hydroxyl groups is 1. The average Bonchev–Trinajstić information content (AvgIpc) is 2.42. The minimum Gasteiger partial charge on any atom is -0.378 e. The van der Waals surface area contributed by atoms with Crippen LogP contribution in [0.15, 0.2) is 29.4 Å². The Morgan fingerprint density at radius 3 is 2.63 bits per heavy atom. The van der Waals surface area contributed by atoms with Crippen LogP contribution in [-0.4, -0.2) is 16.7 Å². The number of nitrogens with one attached hydrogen (secondary N) is 1. The van der Waals surface area contributed by atoms with Crippen LogP contribution in [0.4, 0.5) is 0 Å². The highest BCUT2D eigenvalue weighted by Gasteiger charge is 2.16. The molecular formula is C14H19ClN2O2. The third-order valence-electron chi connectivity index (χ3n) is 2.68. The van der Waals surface area contributed by atoms with Gasteiger partial charge < -0.3 is 5.11 Å². The molecule has 1 aromatic rings. The van der Waals surface area contributed by atoms with Crippen molar-refractivity contribution in [3.8, 4) is 0 Å². The summed E-state index contributed by atoms with van der Waals surface area (Å²) in [6.45, 7) is 3.95. The highest BCUT2D eigenvalue weighted by molar-refractivity contribution is 6.30. The number of benzene rings is 1. The fourth-order valence-electron chi connectivity index (χ4n) is 1.50. The first-order valence-electron chi connectivity index (χ1n) is 6.31. The summed E-state index contributed by atoms with van der Waals surface area (Å²) in [4.78, 5) is 11.7. The van der Waals surface area contributed by atoms with Crippen LogP contribution in [0.25, 0.3) is 0 Å². The van der Waals surface area contributed by atoms with Crippen molar-refractivity contribution in [2.24, 2.45) is 5.10 Å². The van der Waals surface area contributed by atoms with Gasteiger partial charge in [-0.25, -0.2) is 5.43 Å². The Hall–Kier alpha value is -1.39. The molecular weight excluding hydrogens is 264 g/mol. The number of nitrogens with zero attached hydrogens (tertiary/aromatic N) is 1. The zero-order chi connectivity index (χ0) is 14.3. The van der Waals surface area contributed by atoms with E-state index >= 15 is 0 Å². The summed E-state index contributed by atoms with van der Waals surface area (Å²) >= 11 is 5.74. The van der Waals surface area contributed by atoms with Crippen molar-refractivity contribution in [1.29, 1.82) is 0 Å². The predicted octanol–water partition coefficient (Wildman–Crippen LogP) is 3.06. The van der Waals surface area contributed by atoms with Crippen LogP contribution in [0.2, 0.25) is 5.02 Å². The molecule has 1 unspecified atom stereocenters. The number of unbranched alkanes of at least 4 members (excludes halogenated alkanes) is 1. The topological polar surface area (TPSA) is 61.7 Å². The first-order valence-corrected chi connectivity index (χ1v) is 6.69. The fourth-order valence-corrected chi connectivity index (χ4v) is 1.62. The summed E-state index contributed by atoms with van der Waals surface area (Å²) in [5.74, 6) is -0.543. The van der Waals surface area contributed by atoms with E-state index in [4.69, 9.17) is 11.6 Å². The molecule has 0 heterocycles. The average molecular weight is 283 g/mol. The van der Waals surface area contributed by atoms with Gasteiger partial charge in [-0.05, 0) is 37.5 Å². The summed E-state index contributed by atoms with van der Waals surface area (Å²) in [7, 11) is 0. The van der Waals surface area contributed by atoms with Crippen molar-refractivity contribution in [3.05, 3.63) is 34.9 Å². The second-order valence-electron chi connectivity index (χ2n) is 4.38. The Morgan fingerprint density at radius 2 is 2.05 bits per heavy atom. The normalized spacial score (nSPS) is 13.2. The standard InChI is InChI=1S/C14H19ClN2O2/c1-3-4-5-10(2)16-17-14(19)13(18)11-6-8-12(15)9-7-11/h6-9,13,18H,3-5H2,1-2H3,(H,17,19). The largest absolute Gasteiger partial charge is 0.378 e. The van der Waals surface area contributed by atoms with Crippen molar-refractivity contribution in [1.82, 2.24) is 5.43 Å². The molecule has 1 aromatic carbocycles. The number of carbonyl (C=O) groups is 1. The Labute approximate surface area is 118 Å². The molecule has 0 aliphatic rings. The van der Waals surface area contributed by atoms with Gasteiger partial charge in [0.05, 0.1) is 0 Å². The van der Waals surface area contributed by atoms with Crippen LogP contribution in [0, 0.1) is 0 Å². The minimum absolute atomic E-state index is 0.489. The fraction of sp³-hybridized carbons (Fsp3) is 0.429. The number of halogens is 1. The summed E-state index contributed by atoms with van der Waals surface area (Å²) in [5.41, 5.74) is 3.71. The predicted molar refractivity (Wildman–Crippen MR) is 77.2 cm³/mol. The molecule has 19 heavy (non-hydrogen) atoms. The van der Waals surface area contributed by atoms with E-state index in [-0.39, 0.29) is 0 Å². The van der Waals surface area contributed by atoms with Gasteiger partial charge in [-0.3, -0.25) is 4.79 Å². The lowest BCUT2D eigenvalue weighted by Crippen LogP contribution is -2.26. The molecule has 2 N–H and O–H groups in total. The maximum atomic E-state index is 11.7. The SMILES string of the molecule is CCCCC(C)=NNC(=O)C(O)c1ccc(Cl)cc1. The van der Waals surface area contributed by atoms with Crippen LogP contribution >= 0.6 is 11.6 Å². The minimum atomic E-state index is -1.24. The van der Waals surface area contributed by atoms with Crippen LogP contribution < -0.4 is 5.43 Å². The van der Waals surface area contributed by atoms with Gasteiger partial charge in [0.1, 0.15) is 0 Å². The van der Waals surface area contributed by atoms with Gasteiger partial charge in [0.15, 0.2) is 6.10 Å². The first kappa shape index (κ1) is 15.7. The van der Waals surface area contributed by atoms with E-state index in [2.05, 4.69) is 17.5 Å². The smallest absolute Gasteiger partial charge is 0.273 e. The van der Waals surface area contributed by atoms with Gasteiger partial charge >= 0.3 is 0 Å². The lowest BCUT2D eigenvalue weighted by molar-refractivity contribution is -0.129. The molecule has 0 bridgehead atoms. The van der Waals surface area contributed by atoms with E-state index in [0.717, 1.165) is 25.0 Å². The van der Waals surface area contributed by atoms with E-state index in [1.54, 1.807) is 24.3 Å². The first-order chi connectivity index (χ1) is 9.04. The van der Waals surface area contributed by atoms with Gasteiger partial charge in [0.2, 0.25) is 0 Å². The van der Waals surface area contributed by atoms with Crippen LogP contribution in [0.5, 0.6) is 0 Å². The van der Waals surface area contributed by atoms with Crippen molar-refractivity contribution in [2.75, 3.05) is 0 Å². The number of amides is 1. The number of hydrogen-bond donors (Lipinski definition) is 2. The maximum absolute atomic E-state index is 11.7. The van der Waals surface area contributed by atoms with Crippen molar-refractivity contribution in [2.45, 2.75) is 39.2 Å². The number of aliphatic hydroxyl groups excluding tert-OH is 1. The molecule has 0 aliphatic carbocycles. The number of rotatable bonds is 6. The van der Waals surface area contributed by atoms with Gasteiger partial charge in [-0.1, -0.05) is 37.1 Å². The third-order valence-corrected chi connectivity index (χ3v) is 2.94. The molecule has 0 saturated carbocycles. The molecule has 0 radical (unpaired) electrons. The Morgan fingerprint density at radius 1 is 1.42 bits per heavy atom. The summed E-state index contributed by atoms with van der Waals surface area (Å²) in [6, 6.07) is 6.48. The molecule has 0 spiro atoms. The van der Waals surface area contributed by atoms with Crippen LogP contribution in [0.1, 0.15) is 44.8 Å². The summed E-state index contributed by atoms with van der Waals surface area (Å²) < 4.78 is 0. The number of hydrogen-bond acceptors (Lipinski definition) is 3. The van der Waals surface area contributed by atoms with Crippen molar-refractivity contribution >= 4 is 23.2 Å². The Kier molecular flexibility index (Phi) is 6.53. The van der Waals surface area contributed by atoms with Crippen LogP contribution in [-0.2, 0) is 4.79 Å². The summed E-state index contributed by atoms with van der Waals surface area (Å²) in [6.07, 6.45) is 1.72. The van der Waals surface area contributed by atoms with Crippen LogP contribution in [0.3, 0.4) is 0 Å². The quantitative estimate of drug-likeness (QED) is 0.622. The molecule has 1 amide bonds. The van der Waals surface area contributed by atoms with Gasteiger partial charge in [-0.2, -0.15) is 5.10 Å². The van der Waals surface area contributed by atoms with Gasteiger partial charge in [0.25, 0.3) is 5.91 Å². The second-order valence-corrected chi connectivity index (χ2v) is 4.82. The molecule has 0 saturated heterocycles. The molecule has 1 rings (SSSR count). The van der Waals surface area contributed by atoms with E-state index in [1.165, 1.54) is 0 Å². The Bertz CT molecular complexity index is 443. The molecule has 5 heteroatoms. The third kappa shape index (κ3) is 5.41. The second kappa shape index (κ2) is 7.92. The lowest BCUT2D eigenvalue weighted by Gasteiger charge is -2.09. The molecule has 0 aromatic heterocycles. The van der Waals surface area contributed by atoms with Gasteiger partial charge in [-0.15, -0.1) is 0 Å². The molecule has 104 valence electrons. The molecule has 1 atom stereocenters. The van der Waals surface area contributed by atoms with E-state index in [1.807, 2.05) is 6.92 Å². The van der Waals surface area contributed by atoms with Crippen molar-refractivity contribution in [3.63, 3.8) is 0 Å². The zero-order valence-electron chi connectivity index (χ0n) is 11.2. The molecule has 0 fully saturated rings. The van der Waals surface area contributed by atoms with Gasteiger partial charge in [0, 0.05) is 10.7 Å². The monoisotopic (exact) mass is 282 g/mol. The molecule has 4 nitrogen and oxygen atoms in total. The Balaban J connectivity index is 2.55. The maximum Gasteiger partial charge on any atom is 0.273 e. The van der Waals surface area contributed by atoms with E-state index < -0.39 is 12.0 Å².